The van der Waals surface area contributed by atoms with E-state index in [1.807, 2.05) is 35.2 Å². The minimum absolute atomic E-state index is 0.0133. The summed E-state index contributed by atoms with van der Waals surface area (Å²) in [5.74, 6) is 1.38. The maximum atomic E-state index is 13.4. The Balaban J connectivity index is 1.31. The van der Waals surface area contributed by atoms with Crippen LogP contribution < -0.4 is 15.0 Å². The fourth-order valence-corrected chi connectivity index (χ4v) is 5.90. The number of urea groups is 1. The van der Waals surface area contributed by atoms with E-state index in [1.54, 1.807) is 36.9 Å². The minimum Gasteiger partial charge on any atom is -0.497 e. The number of hydrogen-bond donors (Lipinski definition) is 1. The molecule has 0 unspecified atom stereocenters. The van der Waals surface area contributed by atoms with Crippen molar-refractivity contribution in [2.75, 3.05) is 25.1 Å². The van der Waals surface area contributed by atoms with Crippen molar-refractivity contribution in [1.82, 2.24) is 20.2 Å². The van der Waals surface area contributed by atoms with Crippen LogP contribution in [0.2, 0.25) is 0 Å². The molecular weight excluding hydrogens is 477 g/mol. The SMILES string of the molecule is COc1cccc(CNC(=O)N2[C@H](C)CN(c3ncnc4cc(-c5ccc(F)cc5)sc34)C[C@@H]2C)c1. The van der Waals surface area contributed by atoms with E-state index in [-0.39, 0.29) is 23.9 Å². The summed E-state index contributed by atoms with van der Waals surface area (Å²) in [7, 11) is 1.63. The van der Waals surface area contributed by atoms with Crippen molar-refractivity contribution < 1.29 is 13.9 Å². The first-order valence-electron chi connectivity index (χ1n) is 11.9. The number of halogens is 1. The number of ether oxygens (including phenoxy) is 1. The van der Waals surface area contributed by atoms with Crippen molar-refractivity contribution >= 4 is 33.4 Å². The molecular formula is C27H28FN5O2S. The maximum Gasteiger partial charge on any atom is 0.318 e. The molecule has 2 atom stereocenters. The summed E-state index contributed by atoms with van der Waals surface area (Å²) in [4.78, 5) is 27.3. The molecule has 0 spiro atoms. The van der Waals surface area contributed by atoms with Gasteiger partial charge in [-0.15, -0.1) is 11.3 Å². The van der Waals surface area contributed by atoms with Crippen LogP contribution in [0, 0.1) is 5.82 Å². The molecule has 7 nitrogen and oxygen atoms in total. The normalized spacial score (nSPS) is 17.9. The van der Waals surface area contributed by atoms with Gasteiger partial charge in [0.15, 0.2) is 0 Å². The van der Waals surface area contributed by atoms with Gasteiger partial charge in [-0.05, 0) is 55.3 Å². The Morgan fingerprint density at radius 2 is 1.86 bits per heavy atom. The largest absolute Gasteiger partial charge is 0.497 e. The second-order valence-corrected chi connectivity index (χ2v) is 10.1. The number of carbonyl (C=O) groups excluding carboxylic acids is 1. The first kappa shape index (κ1) is 24.0. The molecule has 2 aromatic heterocycles. The van der Waals surface area contributed by atoms with Crippen LogP contribution in [-0.2, 0) is 6.54 Å². The predicted molar refractivity (Wildman–Crippen MR) is 141 cm³/mol. The number of benzene rings is 2. The fourth-order valence-electron chi connectivity index (χ4n) is 4.77. The molecule has 1 saturated heterocycles. The quantitative estimate of drug-likeness (QED) is 0.398. The molecule has 0 radical (unpaired) electrons. The van der Waals surface area contributed by atoms with E-state index in [2.05, 4.69) is 34.0 Å². The van der Waals surface area contributed by atoms with Crippen molar-refractivity contribution in [1.29, 1.82) is 0 Å². The molecule has 36 heavy (non-hydrogen) atoms. The van der Waals surface area contributed by atoms with Crippen molar-refractivity contribution in [3.8, 4) is 16.2 Å². The number of rotatable bonds is 5. The summed E-state index contributed by atoms with van der Waals surface area (Å²) in [6.45, 7) is 5.87. The average Bonchev–Trinajstić information content (AvgIpc) is 3.32. The zero-order valence-corrected chi connectivity index (χ0v) is 21.3. The van der Waals surface area contributed by atoms with Crippen LogP contribution in [-0.4, -0.2) is 53.2 Å². The van der Waals surface area contributed by atoms with Gasteiger partial charge in [-0.25, -0.2) is 19.2 Å². The number of piperazine rings is 1. The Labute approximate surface area is 213 Å². The van der Waals surface area contributed by atoms with Gasteiger partial charge in [0.25, 0.3) is 0 Å². The van der Waals surface area contributed by atoms with Crippen LogP contribution in [0.4, 0.5) is 15.0 Å². The highest BCUT2D eigenvalue weighted by atomic mass is 32.1. The number of methoxy groups -OCH3 is 1. The van der Waals surface area contributed by atoms with Crippen LogP contribution in [0.3, 0.4) is 0 Å². The van der Waals surface area contributed by atoms with Crippen molar-refractivity contribution in [2.24, 2.45) is 0 Å². The number of fused-ring (bicyclic) bond motifs is 1. The van der Waals surface area contributed by atoms with Gasteiger partial charge in [0, 0.05) is 36.6 Å². The summed E-state index contributed by atoms with van der Waals surface area (Å²) in [6.07, 6.45) is 1.58. The Kier molecular flexibility index (Phi) is 6.73. The van der Waals surface area contributed by atoms with Gasteiger partial charge in [0.1, 0.15) is 23.7 Å². The van der Waals surface area contributed by atoms with Crippen LogP contribution >= 0.6 is 11.3 Å². The molecule has 0 saturated carbocycles. The summed E-state index contributed by atoms with van der Waals surface area (Å²) < 4.78 is 19.6. The Morgan fingerprint density at radius 3 is 2.58 bits per heavy atom. The van der Waals surface area contributed by atoms with Gasteiger partial charge in [-0.2, -0.15) is 0 Å². The molecule has 1 N–H and O–H groups in total. The molecule has 9 heteroatoms. The molecule has 0 aliphatic carbocycles. The second kappa shape index (κ2) is 10.1. The standard InChI is InChI=1S/C27H28FN5O2S/c1-17-14-32(15-18(2)33(17)27(34)29-13-19-5-4-6-22(11-19)35-3)26-25-23(30-16-31-26)12-24(36-25)20-7-9-21(28)10-8-20/h4-12,16-18H,13-15H2,1-3H3,(H,29,34)/t17-,18+. The molecule has 0 bridgehead atoms. The maximum absolute atomic E-state index is 13.4. The molecule has 1 aliphatic rings. The Bertz CT molecular complexity index is 1360. The van der Waals surface area contributed by atoms with Gasteiger partial charge in [0.2, 0.25) is 0 Å². The number of nitrogens with one attached hydrogen (secondary N) is 1. The van der Waals surface area contributed by atoms with Crippen molar-refractivity contribution in [3.63, 3.8) is 0 Å². The number of carbonyl (C=O) groups is 1. The molecule has 186 valence electrons. The lowest BCUT2D eigenvalue weighted by atomic mass is 10.1. The van der Waals surface area contributed by atoms with Gasteiger partial charge in [-0.1, -0.05) is 24.3 Å². The zero-order valence-electron chi connectivity index (χ0n) is 20.4. The number of amides is 2. The van der Waals surface area contributed by atoms with E-state index in [4.69, 9.17) is 4.74 Å². The highest BCUT2D eigenvalue weighted by molar-refractivity contribution is 7.22. The van der Waals surface area contributed by atoms with E-state index in [0.717, 1.165) is 37.8 Å². The lowest BCUT2D eigenvalue weighted by Crippen LogP contribution is -2.61. The monoisotopic (exact) mass is 505 g/mol. The summed E-state index contributed by atoms with van der Waals surface area (Å²) >= 11 is 1.60. The van der Waals surface area contributed by atoms with Gasteiger partial charge < -0.3 is 19.9 Å². The summed E-state index contributed by atoms with van der Waals surface area (Å²) in [5, 5.41) is 3.05. The third-order valence-corrected chi connectivity index (χ3v) is 7.62. The number of hydrogen-bond acceptors (Lipinski definition) is 6. The molecule has 1 fully saturated rings. The summed E-state index contributed by atoms with van der Waals surface area (Å²) in [6, 6.07) is 16.1. The summed E-state index contributed by atoms with van der Waals surface area (Å²) in [5.41, 5.74) is 2.80. The van der Waals surface area contributed by atoms with E-state index in [9.17, 15) is 9.18 Å². The highest BCUT2D eigenvalue weighted by Crippen LogP contribution is 2.37. The van der Waals surface area contributed by atoms with Crippen LogP contribution in [0.1, 0.15) is 19.4 Å². The van der Waals surface area contributed by atoms with Gasteiger partial charge in [-0.3, -0.25) is 0 Å². The topological polar surface area (TPSA) is 70.6 Å². The van der Waals surface area contributed by atoms with Crippen molar-refractivity contribution in [3.05, 3.63) is 72.3 Å². The first-order valence-corrected chi connectivity index (χ1v) is 12.7. The molecule has 2 amide bonds. The second-order valence-electron chi connectivity index (χ2n) is 9.05. The zero-order chi connectivity index (χ0) is 25.2. The number of thiophene rings is 1. The number of nitrogens with zero attached hydrogens (tertiary/aromatic N) is 4. The molecule has 4 aromatic rings. The van der Waals surface area contributed by atoms with Gasteiger partial charge >= 0.3 is 6.03 Å². The van der Waals surface area contributed by atoms with E-state index in [0.29, 0.717) is 19.6 Å². The molecule has 2 aromatic carbocycles. The van der Waals surface area contributed by atoms with E-state index < -0.39 is 0 Å². The third-order valence-electron chi connectivity index (χ3n) is 6.45. The van der Waals surface area contributed by atoms with Crippen LogP contribution in [0.25, 0.3) is 20.7 Å². The van der Waals surface area contributed by atoms with E-state index >= 15 is 0 Å². The smallest absolute Gasteiger partial charge is 0.318 e. The number of anilines is 1. The Morgan fingerprint density at radius 1 is 1.11 bits per heavy atom. The lowest BCUT2D eigenvalue weighted by Gasteiger charge is -2.44. The van der Waals surface area contributed by atoms with Crippen molar-refractivity contribution in [2.45, 2.75) is 32.5 Å². The van der Waals surface area contributed by atoms with Gasteiger partial charge in [0.05, 0.1) is 17.3 Å². The first-order chi connectivity index (χ1) is 17.4. The molecule has 1 aliphatic heterocycles. The molecule has 3 heterocycles. The number of aromatic nitrogens is 2. The minimum atomic E-state index is -0.256. The molecule has 5 rings (SSSR count). The average molecular weight is 506 g/mol. The van der Waals surface area contributed by atoms with Crippen LogP contribution in [0.15, 0.2) is 60.9 Å². The Hall–Kier alpha value is -3.72. The predicted octanol–water partition coefficient (Wildman–Crippen LogP) is 5.31. The highest BCUT2D eigenvalue weighted by Gasteiger charge is 2.34. The van der Waals surface area contributed by atoms with Crippen LogP contribution in [0.5, 0.6) is 5.75 Å². The van der Waals surface area contributed by atoms with E-state index in [1.165, 1.54) is 12.1 Å². The third kappa shape index (κ3) is 4.83. The fraction of sp³-hybridized carbons (Fsp3) is 0.296. The lowest BCUT2D eigenvalue weighted by molar-refractivity contribution is 0.141.